The van der Waals surface area contributed by atoms with E-state index in [1.54, 1.807) is 0 Å². The normalized spacial score (nSPS) is 12.0. The molecule has 1 atom stereocenters. The van der Waals surface area contributed by atoms with Gasteiger partial charge in [0.05, 0.1) is 6.61 Å². The minimum absolute atomic E-state index is 0.112. The van der Waals surface area contributed by atoms with Gasteiger partial charge < -0.3 is 10.1 Å². The van der Waals surface area contributed by atoms with Gasteiger partial charge in [0.15, 0.2) is 0 Å². The summed E-state index contributed by atoms with van der Waals surface area (Å²) in [5.74, 6) is 0.943. The van der Waals surface area contributed by atoms with Crippen LogP contribution in [0.15, 0.2) is 18.2 Å². The maximum absolute atomic E-state index is 11.8. The molecule has 1 amide bonds. The van der Waals surface area contributed by atoms with Gasteiger partial charge in [0.1, 0.15) is 5.75 Å². The summed E-state index contributed by atoms with van der Waals surface area (Å²) in [6.45, 7) is 6.76. The third-order valence-corrected chi connectivity index (χ3v) is 3.83. The first-order chi connectivity index (χ1) is 10.5. The molecule has 0 fully saturated rings. The van der Waals surface area contributed by atoms with Crippen molar-refractivity contribution in [3.05, 3.63) is 28.8 Å². The van der Waals surface area contributed by atoms with Crippen LogP contribution in [0.5, 0.6) is 5.75 Å². The quantitative estimate of drug-likeness (QED) is 0.622. The molecule has 0 radical (unpaired) electrons. The third kappa shape index (κ3) is 7.69. The predicted molar refractivity (Wildman–Crippen MR) is 92.7 cm³/mol. The summed E-state index contributed by atoms with van der Waals surface area (Å²) in [5, 5.41) is 3.75. The highest BCUT2D eigenvalue weighted by molar-refractivity contribution is 6.30. The van der Waals surface area contributed by atoms with Crippen molar-refractivity contribution in [3.8, 4) is 5.75 Å². The van der Waals surface area contributed by atoms with Crippen molar-refractivity contribution in [1.29, 1.82) is 0 Å². The lowest BCUT2D eigenvalue weighted by molar-refractivity contribution is -0.121. The lowest BCUT2D eigenvalue weighted by Crippen LogP contribution is -2.32. The van der Waals surface area contributed by atoms with Crippen molar-refractivity contribution in [2.24, 2.45) is 0 Å². The number of hydrogen-bond donors (Lipinski definition) is 1. The van der Waals surface area contributed by atoms with Crippen LogP contribution < -0.4 is 10.1 Å². The fourth-order valence-electron chi connectivity index (χ4n) is 2.31. The van der Waals surface area contributed by atoms with Crippen LogP contribution in [0.3, 0.4) is 0 Å². The number of amides is 1. The second kappa shape index (κ2) is 10.5. The van der Waals surface area contributed by atoms with E-state index in [9.17, 15) is 4.79 Å². The van der Waals surface area contributed by atoms with Gasteiger partial charge in [0.25, 0.3) is 0 Å². The van der Waals surface area contributed by atoms with Crippen molar-refractivity contribution < 1.29 is 9.53 Å². The first-order valence-corrected chi connectivity index (χ1v) is 8.59. The Labute approximate surface area is 139 Å². The predicted octanol–water partition coefficient (Wildman–Crippen LogP) is 4.89. The summed E-state index contributed by atoms with van der Waals surface area (Å²) in [6.07, 6.45) is 5.90. The van der Waals surface area contributed by atoms with Crippen molar-refractivity contribution in [3.63, 3.8) is 0 Å². The number of aryl methyl sites for hydroxylation is 1. The molecule has 1 unspecified atom stereocenters. The summed E-state index contributed by atoms with van der Waals surface area (Å²) in [5.41, 5.74) is 1.02. The van der Waals surface area contributed by atoms with E-state index < -0.39 is 0 Å². The number of rotatable bonds is 10. The SMILES string of the molecule is CCCCCC(C)NC(=O)CCCOc1ccc(Cl)cc1C. The van der Waals surface area contributed by atoms with E-state index in [0.29, 0.717) is 18.1 Å². The van der Waals surface area contributed by atoms with E-state index >= 15 is 0 Å². The number of halogens is 1. The molecular weight excluding hydrogens is 298 g/mol. The first kappa shape index (κ1) is 18.8. The van der Waals surface area contributed by atoms with Gasteiger partial charge >= 0.3 is 0 Å². The zero-order valence-corrected chi connectivity index (χ0v) is 14.7. The Bertz CT molecular complexity index is 462. The van der Waals surface area contributed by atoms with Crippen LogP contribution in [0, 0.1) is 6.92 Å². The summed E-state index contributed by atoms with van der Waals surface area (Å²) in [6, 6.07) is 5.82. The summed E-state index contributed by atoms with van der Waals surface area (Å²) >= 11 is 5.91. The number of unbranched alkanes of at least 4 members (excludes halogenated alkanes) is 2. The molecule has 124 valence electrons. The topological polar surface area (TPSA) is 38.3 Å². The molecule has 1 aromatic rings. The molecular formula is C18H28ClNO2. The maximum Gasteiger partial charge on any atom is 0.220 e. The zero-order valence-electron chi connectivity index (χ0n) is 14.0. The minimum Gasteiger partial charge on any atom is -0.493 e. The molecule has 0 aromatic heterocycles. The molecule has 4 heteroatoms. The summed E-state index contributed by atoms with van der Waals surface area (Å²) in [4.78, 5) is 11.8. The molecule has 0 aliphatic carbocycles. The fraction of sp³-hybridized carbons (Fsp3) is 0.611. The van der Waals surface area contributed by atoms with Crippen LogP contribution in [0.1, 0.15) is 57.9 Å². The largest absolute Gasteiger partial charge is 0.493 e. The van der Waals surface area contributed by atoms with Crippen LogP contribution in [-0.2, 0) is 4.79 Å². The molecule has 0 saturated carbocycles. The smallest absolute Gasteiger partial charge is 0.220 e. The molecule has 0 aliphatic heterocycles. The van der Waals surface area contributed by atoms with E-state index in [1.807, 2.05) is 25.1 Å². The van der Waals surface area contributed by atoms with E-state index in [0.717, 1.165) is 24.2 Å². The standard InChI is InChI=1S/C18H28ClNO2/c1-4-5-6-8-15(3)20-18(21)9-7-12-22-17-11-10-16(19)13-14(17)2/h10-11,13,15H,4-9,12H2,1-3H3,(H,20,21). The average molecular weight is 326 g/mol. The van der Waals surface area contributed by atoms with E-state index in [1.165, 1.54) is 19.3 Å². The molecule has 3 nitrogen and oxygen atoms in total. The van der Waals surface area contributed by atoms with E-state index in [-0.39, 0.29) is 11.9 Å². The monoisotopic (exact) mass is 325 g/mol. The lowest BCUT2D eigenvalue weighted by atomic mass is 10.1. The minimum atomic E-state index is 0.112. The van der Waals surface area contributed by atoms with Gasteiger partial charge in [-0.15, -0.1) is 0 Å². The van der Waals surface area contributed by atoms with Gasteiger partial charge in [-0.2, -0.15) is 0 Å². The van der Waals surface area contributed by atoms with Gasteiger partial charge in [0, 0.05) is 17.5 Å². The van der Waals surface area contributed by atoms with Crippen molar-refractivity contribution in [1.82, 2.24) is 5.32 Å². The second-order valence-corrected chi connectivity index (χ2v) is 6.26. The Morgan fingerprint density at radius 1 is 1.32 bits per heavy atom. The molecule has 0 heterocycles. The van der Waals surface area contributed by atoms with Crippen LogP contribution >= 0.6 is 11.6 Å². The fourth-order valence-corrected chi connectivity index (χ4v) is 2.54. The first-order valence-electron chi connectivity index (χ1n) is 8.21. The highest BCUT2D eigenvalue weighted by atomic mass is 35.5. The van der Waals surface area contributed by atoms with Gasteiger partial charge in [-0.1, -0.05) is 37.8 Å². The number of benzene rings is 1. The highest BCUT2D eigenvalue weighted by Gasteiger charge is 2.07. The van der Waals surface area contributed by atoms with Crippen LogP contribution in [0.2, 0.25) is 5.02 Å². The molecule has 1 N–H and O–H groups in total. The Morgan fingerprint density at radius 3 is 2.77 bits per heavy atom. The number of carbonyl (C=O) groups excluding carboxylic acids is 1. The molecule has 0 aliphatic rings. The Hall–Kier alpha value is -1.22. The molecule has 0 saturated heterocycles. The van der Waals surface area contributed by atoms with E-state index in [2.05, 4.69) is 19.2 Å². The zero-order chi connectivity index (χ0) is 16.4. The van der Waals surface area contributed by atoms with Gasteiger partial charge in [-0.25, -0.2) is 0 Å². The van der Waals surface area contributed by atoms with Gasteiger partial charge in [-0.05, 0) is 50.5 Å². The molecule has 1 rings (SSSR count). The third-order valence-electron chi connectivity index (χ3n) is 3.59. The van der Waals surface area contributed by atoms with Crippen LogP contribution in [-0.4, -0.2) is 18.6 Å². The average Bonchev–Trinajstić information content (AvgIpc) is 2.45. The molecule has 0 spiro atoms. The van der Waals surface area contributed by atoms with Crippen LogP contribution in [0.4, 0.5) is 0 Å². The molecule has 0 bridgehead atoms. The van der Waals surface area contributed by atoms with Crippen LogP contribution in [0.25, 0.3) is 0 Å². The molecule has 1 aromatic carbocycles. The second-order valence-electron chi connectivity index (χ2n) is 5.83. The number of hydrogen-bond acceptors (Lipinski definition) is 2. The number of carbonyl (C=O) groups is 1. The highest BCUT2D eigenvalue weighted by Crippen LogP contribution is 2.21. The maximum atomic E-state index is 11.8. The van der Waals surface area contributed by atoms with Gasteiger partial charge in [-0.3, -0.25) is 4.79 Å². The van der Waals surface area contributed by atoms with Gasteiger partial charge in [0.2, 0.25) is 5.91 Å². The Morgan fingerprint density at radius 2 is 2.09 bits per heavy atom. The summed E-state index contributed by atoms with van der Waals surface area (Å²) < 4.78 is 5.69. The Balaban J connectivity index is 2.17. The van der Waals surface area contributed by atoms with Crippen molar-refractivity contribution >= 4 is 17.5 Å². The number of nitrogens with one attached hydrogen (secondary N) is 1. The lowest BCUT2D eigenvalue weighted by Gasteiger charge is -2.14. The van der Waals surface area contributed by atoms with Crippen molar-refractivity contribution in [2.45, 2.75) is 65.3 Å². The summed E-state index contributed by atoms with van der Waals surface area (Å²) in [7, 11) is 0. The molecule has 22 heavy (non-hydrogen) atoms. The van der Waals surface area contributed by atoms with E-state index in [4.69, 9.17) is 16.3 Å². The number of ether oxygens (including phenoxy) is 1. The Kier molecular flexibility index (Phi) is 8.98. The van der Waals surface area contributed by atoms with Crippen molar-refractivity contribution in [2.75, 3.05) is 6.61 Å².